The van der Waals surface area contributed by atoms with Crippen LogP contribution in [0.2, 0.25) is 0 Å². The first-order valence-electron chi connectivity index (χ1n) is 11.7. The van der Waals surface area contributed by atoms with Gasteiger partial charge < -0.3 is 14.3 Å². The number of carbonyl (C=O) groups is 2. The second-order valence-corrected chi connectivity index (χ2v) is 10.3. The van der Waals surface area contributed by atoms with E-state index in [9.17, 15) is 22.6 Å². The maximum Gasteiger partial charge on any atom is 1.00 e. The van der Waals surface area contributed by atoms with Crippen molar-refractivity contribution in [2.75, 3.05) is 0 Å². The number of hydrogen-bond acceptors (Lipinski definition) is 4. The van der Waals surface area contributed by atoms with E-state index in [1.807, 2.05) is 0 Å². The third-order valence-electron chi connectivity index (χ3n) is 5.84. The molecule has 0 aromatic carbocycles. The normalized spacial score (nSPS) is 12.9. The summed E-state index contributed by atoms with van der Waals surface area (Å²) in [6.07, 6.45) is 17.7. The molecule has 10 heteroatoms. The minimum atomic E-state index is -4.82. The summed E-state index contributed by atoms with van der Waals surface area (Å²) in [5.74, 6) is -2.22. The largest absolute Gasteiger partial charge is 1.00 e. The Balaban J connectivity index is -0.000000701. The van der Waals surface area contributed by atoms with E-state index in [0.29, 0.717) is 12.8 Å². The maximum absolute atomic E-state index is 11.7. The average Bonchev–Trinajstić information content (AvgIpc) is 2.65. The molecule has 0 radical (unpaired) electrons. The molecule has 0 saturated carbocycles. The summed E-state index contributed by atoms with van der Waals surface area (Å²) in [5.41, 5.74) is 10.2. The van der Waals surface area contributed by atoms with Crippen LogP contribution in [0, 0.1) is 0 Å². The van der Waals surface area contributed by atoms with Crippen molar-refractivity contribution in [2.45, 2.75) is 127 Å². The fraction of sp³-hybridized carbons (Fsp3) is 0.909. The van der Waals surface area contributed by atoms with Gasteiger partial charge in [-0.05, 0) is 6.42 Å². The van der Waals surface area contributed by atoms with Gasteiger partial charge in [-0.25, -0.2) is 0 Å². The zero-order valence-electron chi connectivity index (χ0n) is 22.9. The minimum Gasteiger partial charge on any atom is -1.00 e. The zero-order chi connectivity index (χ0) is 22.9. The predicted octanol–water partition coefficient (Wildman–Crippen LogP) is -1.14. The van der Waals surface area contributed by atoms with E-state index in [1.54, 1.807) is 0 Å². The van der Waals surface area contributed by atoms with Crippen molar-refractivity contribution in [1.29, 1.82) is 0 Å². The molecule has 1 unspecified atom stereocenters. The van der Waals surface area contributed by atoms with Crippen LogP contribution in [-0.4, -0.2) is 29.5 Å². The van der Waals surface area contributed by atoms with Gasteiger partial charge in [0.15, 0.2) is 4.75 Å². The van der Waals surface area contributed by atoms with Crippen molar-refractivity contribution >= 4 is 21.9 Å². The molecule has 0 heterocycles. The van der Waals surface area contributed by atoms with Crippen LogP contribution in [-0.2, 0) is 19.7 Å². The van der Waals surface area contributed by atoms with E-state index in [2.05, 4.69) is 6.92 Å². The Morgan fingerprint density at radius 3 is 1.28 bits per heavy atom. The summed E-state index contributed by atoms with van der Waals surface area (Å²) in [4.78, 5) is 22.8. The van der Waals surface area contributed by atoms with E-state index in [1.165, 1.54) is 70.6 Å². The molecule has 0 aromatic heterocycles. The quantitative estimate of drug-likeness (QED) is 0.105. The summed E-state index contributed by atoms with van der Waals surface area (Å²) in [6.45, 7) is 2.24. The molecule has 7 nitrogen and oxygen atoms in total. The van der Waals surface area contributed by atoms with Crippen LogP contribution in [0.25, 0.3) is 0 Å². The number of hydrogen-bond donors (Lipinski definition) is 3. The van der Waals surface area contributed by atoms with Crippen LogP contribution >= 0.6 is 0 Å². The van der Waals surface area contributed by atoms with Crippen LogP contribution in [0.4, 0.5) is 0 Å². The van der Waals surface area contributed by atoms with Gasteiger partial charge in [0.05, 0.1) is 6.42 Å². The number of carbonyl (C=O) groups excluding carboxylic acids is 2. The Labute approximate surface area is 243 Å². The minimum absolute atomic E-state index is 0. The van der Waals surface area contributed by atoms with E-state index in [-0.39, 0.29) is 68.4 Å². The van der Waals surface area contributed by atoms with Gasteiger partial charge in [-0.15, -0.1) is 0 Å². The maximum atomic E-state index is 11.7. The molecule has 0 spiro atoms. The van der Waals surface area contributed by atoms with Crippen molar-refractivity contribution in [3.63, 3.8) is 0 Å². The Morgan fingerprint density at radius 2 is 1.03 bits per heavy atom. The molecule has 0 bridgehead atoms. The fourth-order valence-corrected chi connectivity index (χ4v) is 4.87. The average molecular weight is 497 g/mol. The third-order valence-corrected chi connectivity index (χ3v) is 7.37. The predicted molar refractivity (Wildman–Crippen MR) is 124 cm³/mol. The molecular formula is C22H46N2Na2O5S. The Hall–Kier alpha value is 0.850. The van der Waals surface area contributed by atoms with Crippen LogP contribution in [0.5, 0.6) is 0 Å². The van der Waals surface area contributed by atoms with Gasteiger partial charge in [0, 0.05) is 0 Å². The number of unbranched alkanes of at least 4 members (excludes halogenated alkanes) is 15. The van der Waals surface area contributed by atoms with E-state index in [4.69, 9.17) is 11.5 Å². The molecule has 0 saturated heterocycles. The van der Waals surface area contributed by atoms with E-state index < -0.39 is 33.1 Å². The number of primary amides is 2. The summed E-state index contributed by atoms with van der Waals surface area (Å²) in [5, 5.41) is 0. The summed E-state index contributed by atoms with van der Waals surface area (Å²) in [6, 6.07) is 0. The molecule has 0 aliphatic carbocycles. The van der Waals surface area contributed by atoms with Crippen LogP contribution in [0.1, 0.15) is 125 Å². The Kier molecular flexibility index (Phi) is 26.1. The van der Waals surface area contributed by atoms with Gasteiger partial charge in [-0.2, -0.15) is 8.42 Å². The SMILES string of the molecule is CCCCCCCCCCCCCCCCCCC(CC(N)=O)(C(N)=O)S(=O)(=O)O.[H-].[H-].[Na+].[Na+]. The third kappa shape index (κ3) is 17.3. The van der Waals surface area contributed by atoms with E-state index >= 15 is 0 Å². The van der Waals surface area contributed by atoms with Crippen LogP contribution in [0.15, 0.2) is 0 Å². The molecule has 0 aliphatic rings. The number of nitrogens with two attached hydrogens (primary N) is 2. The zero-order valence-corrected chi connectivity index (χ0v) is 25.7. The molecule has 182 valence electrons. The van der Waals surface area contributed by atoms with Crippen LogP contribution < -0.4 is 70.6 Å². The first-order valence-corrected chi connectivity index (χ1v) is 13.2. The van der Waals surface area contributed by atoms with Gasteiger partial charge in [0.25, 0.3) is 10.1 Å². The standard InChI is InChI=1S/C22H44N2O5S.2Na.2H/c1-2-3-4-5-6-7-8-9-10-11-12-13-14-15-16-17-18-22(21(24)26,19-20(23)25)30(27,28)29;;;;/h2-19H2,1H3,(H2,23,25)(H2,24,26)(H,27,28,29);;;;/q;2*+1;2*-1. The first-order chi connectivity index (χ1) is 14.2. The Morgan fingerprint density at radius 1 is 0.719 bits per heavy atom. The van der Waals surface area contributed by atoms with Gasteiger partial charge >= 0.3 is 59.1 Å². The van der Waals surface area contributed by atoms with Gasteiger partial charge in [0.2, 0.25) is 11.8 Å². The molecule has 0 rings (SSSR count). The smallest absolute Gasteiger partial charge is 1.00 e. The molecule has 0 aliphatic heterocycles. The van der Waals surface area contributed by atoms with Crippen molar-refractivity contribution in [3.05, 3.63) is 0 Å². The summed E-state index contributed by atoms with van der Waals surface area (Å²) >= 11 is 0. The molecule has 0 aromatic rings. The van der Waals surface area contributed by atoms with Crippen molar-refractivity contribution < 1.29 is 84.5 Å². The molecule has 32 heavy (non-hydrogen) atoms. The fourth-order valence-electron chi connectivity index (χ4n) is 3.89. The monoisotopic (exact) mass is 496 g/mol. The second-order valence-electron chi connectivity index (χ2n) is 8.53. The van der Waals surface area contributed by atoms with Gasteiger partial charge in [0.1, 0.15) is 0 Å². The molecule has 5 N–H and O–H groups in total. The molecule has 2 amide bonds. The van der Waals surface area contributed by atoms with Gasteiger partial charge in [-0.3, -0.25) is 14.1 Å². The van der Waals surface area contributed by atoms with E-state index in [0.717, 1.165) is 19.3 Å². The van der Waals surface area contributed by atoms with Gasteiger partial charge in [-0.1, -0.05) is 110 Å². The van der Waals surface area contributed by atoms with Crippen LogP contribution in [0.3, 0.4) is 0 Å². The summed E-state index contributed by atoms with van der Waals surface area (Å²) < 4.78 is 30.5. The molecule has 0 fully saturated rings. The first kappa shape index (κ1) is 37.4. The Bertz CT molecular complexity index is 602. The molecular weight excluding hydrogens is 450 g/mol. The topological polar surface area (TPSA) is 141 Å². The second kappa shape index (κ2) is 22.3. The van der Waals surface area contributed by atoms with Crippen molar-refractivity contribution in [1.82, 2.24) is 0 Å². The number of amides is 2. The number of rotatable bonds is 21. The molecule has 1 atom stereocenters. The van der Waals surface area contributed by atoms with Crippen molar-refractivity contribution in [2.24, 2.45) is 11.5 Å². The summed E-state index contributed by atoms with van der Waals surface area (Å²) in [7, 11) is -4.82. The van der Waals surface area contributed by atoms with Crippen molar-refractivity contribution in [3.8, 4) is 0 Å².